The van der Waals surface area contributed by atoms with E-state index in [4.69, 9.17) is 4.74 Å². The lowest BCUT2D eigenvalue weighted by atomic mass is 9.79. The largest absolute Gasteiger partial charge is 0.497 e. The van der Waals surface area contributed by atoms with Crippen molar-refractivity contribution < 1.29 is 19.8 Å². The lowest BCUT2D eigenvalue weighted by Crippen LogP contribution is -2.42. The molecule has 3 aromatic rings. The number of piperidine rings is 1. The van der Waals surface area contributed by atoms with Crippen LogP contribution in [0.1, 0.15) is 37.3 Å². The van der Waals surface area contributed by atoms with Crippen molar-refractivity contribution in [2.75, 3.05) is 32.5 Å². The maximum atomic E-state index is 11.6. The van der Waals surface area contributed by atoms with E-state index in [0.717, 1.165) is 64.8 Å². The molecule has 0 aliphatic carbocycles. The SMILES string of the molecule is COc1ccc2nccc(C(CC[C@@H]3CCN(CCSc4nccs4)C[C@@H]3CC(=O)O)NO)c2c1. The summed E-state index contributed by atoms with van der Waals surface area (Å²) in [7, 11) is 1.63. The number of thioether (sulfide) groups is 1. The number of hydroxylamine groups is 1. The second kappa shape index (κ2) is 12.6. The van der Waals surface area contributed by atoms with E-state index in [1.807, 2.05) is 35.8 Å². The molecule has 1 aromatic carbocycles. The zero-order valence-electron chi connectivity index (χ0n) is 19.8. The second-order valence-electron chi connectivity index (χ2n) is 8.90. The molecule has 4 rings (SSSR count). The van der Waals surface area contributed by atoms with Crippen LogP contribution >= 0.6 is 23.1 Å². The van der Waals surface area contributed by atoms with E-state index in [1.165, 1.54) is 0 Å². The first-order valence-electron chi connectivity index (χ1n) is 11.9. The highest BCUT2D eigenvalue weighted by atomic mass is 32.2. The molecule has 0 bridgehead atoms. The van der Waals surface area contributed by atoms with Crippen LogP contribution in [0.25, 0.3) is 10.9 Å². The standard InChI is InChI=1S/C25H32N4O4S2/c1-33-19-3-5-22-21(15-19)20(6-8-26-22)23(28-32)4-2-17-7-10-29(16-18(17)14-24(30)31)11-13-35-25-27-9-12-34-25/h3,5-6,8-9,12,15,17-18,23,28,32H,2,4,7,10-11,13-14,16H2,1H3,(H,30,31)/t17-,18+,23?/m1/s1. The Morgan fingerprint density at radius 1 is 1.31 bits per heavy atom. The summed E-state index contributed by atoms with van der Waals surface area (Å²) in [5.41, 5.74) is 4.29. The number of carboxylic acids is 1. The van der Waals surface area contributed by atoms with Gasteiger partial charge in [-0.05, 0) is 67.5 Å². The molecule has 1 saturated heterocycles. The fraction of sp³-hybridized carbons (Fsp3) is 0.480. The first-order valence-corrected chi connectivity index (χ1v) is 13.7. The number of thiazole rings is 1. The number of nitrogens with one attached hydrogen (secondary N) is 1. The van der Waals surface area contributed by atoms with Gasteiger partial charge in [0.05, 0.1) is 18.7 Å². The Kier molecular flexibility index (Phi) is 9.33. The van der Waals surface area contributed by atoms with Crippen molar-refractivity contribution in [2.45, 2.75) is 36.1 Å². The molecule has 3 atom stereocenters. The zero-order valence-corrected chi connectivity index (χ0v) is 21.4. The van der Waals surface area contributed by atoms with E-state index in [9.17, 15) is 15.1 Å². The summed E-state index contributed by atoms with van der Waals surface area (Å²) in [6.45, 7) is 2.69. The van der Waals surface area contributed by atoms with Crippen molar-refractivity contribution in [3.63, 3.8) is 0 Å². The number of fused-ring (bicyclic) bond motifs is 1. The molecule has 0 radical (unpaired) electrons. The third-order valence-electron chi connectivity index (χ3n) is 6.79. The fourth-order valence-electron chi connectivity index (χ4n) is 4.99. The quantitative estimate of drug-likeness (QED) is 0.233. The molecule has 0 spiro atoms. The second-order valence-corrected chi connectivity index (χ2v) is 11.1. The van der Waals surface area contributed by atoms with Crippen LogP contribution in [0.4, 0.5) is 0 Å². The molecule has 8 nitrogen and oxygen atoms in total. The molecule has 188 valence electrons. The average molecular weight is 517 g/mol. The molecule has 10 heteroatoms. The Bertz CT molecular complexity index is 1100. The number of methoxy groups -OCH3 is 1. The topological polar surface area (TPSA) is 108 Å². The van der Waals surface area contributed by atoms with Crippen molar-refractivity contribution in [2.24, 2.45) is 11.8 Å². The fourth-order valence-corrected chi connectivity index (χ4v) is 6.69. The maximum absolute atomic E-state index is 11.6. The highest BCUT2D eigenvalue weighted by Crippen LogP contribution is 2.35. The number of hydrogen-bond acceptors (Lipinski definition) is 9. The van der Waals surface area contributed by atoms with Gasteiger partial charge in [-0.3, -0.25) is 9.78 Å². The van der Waals surface area contributed by atoms with Crippen molar-refractivity contribution >= 4 is 40.0 Å². The van der Waals surface area contributed by atoms with Crippen LogP contribution < -0.4 is 10.2 Å². The first kappa shape index (κ1) is 25.8. The van der Waals surface area contributed by atoms with E-state index in [-0.39, 0.29) is 18.4 Å². The van der Waals surface area contributed by atoms with Gasteiger partial charge >= 0.3 is 5.97 Å². The molecule has 3 N–H and O–H groups in total. The predicted octanol–water partition coefficient (Wildman–Crippen LogP) is 4.71. The Morgan fingerprint density at radius 3 is 2.94 bits per heavy atom. The minimum Gasteiger partial charge on any atom is -0.497 e. The molecule has 1 unspecified atom stereocenters. The third-order valence-corrected chi connectivity index (χ3v) is 8.74. The van der Waals surface area contributed by atoms with Gasteiger partial charge in [-0.25, -0.2) is 4.98 Å². The molecular formula is C25H32N4O4S2. The van der Waals surface area contributed by atoms with E-state index < -0.39 is 5.97 Å². The van der Waals surface area contributed by atoms with Crippen LogP contribution in [0.3, 0.4) is 0 Å². The molecular weight excluding hydrogens is 484 g/mol. The van der Waals surface area contributed by atoms with Crippen LogP contribution in [0.15, 0.2) is 46.4 Å². The van der Waals surface area contributed by atoms with E-state index in [0.29, 0.717) is 12.3 Å². The van der Waals surface area contributed by atoms with Gasteiger partial charge in [-0.15, -0.1) is 11.3 Å². The normalized spacial score (nSPS) is 19.6. The van der Waals surface area contributed by atoms with Gasteiger partial charge in [0.2, 0.25) is 0 Å². The molecule has 1 aliphatic rings. The van der Waals surface area contributed by atoms with Gasteiger partial charge in [-0.1, -0.05) is 11.8 Å². The third kappa shape index (κ3) is 6.92. The number of hydrogen-bond donors (Lipinski definition) is 3. The number of carboxylic acid groups (broad SMARTS) is 1. The van der Waals surface area contributed by atoms with Crippen molar-refractivity contribution in [1.82, 2.24) is 20.3 Å². The van der Waals surface area contributed by atoms with Crippen molar-refractivity contribution in [3.05, 3.63) is 47.6 Å². The van der Waals surface area contributed by atoms with Crippen LogP contribution in [0, 0.1) is 11.8 Å². The van der Waals surface area contributed by atoms with Crippen molar-refractivity contribution in [3.8, 4) is 5.75 Å². The van der Waals surface area contributed by atoms with Gasteiger partial charge in [-0.2, -0.15) is 5.48 Å². The molecule has 3 heterocycles. The van der Waals surface area contributed by atoms with Crippen LogP contribution in [0.2, 0.25) is 0 Å². The van der Waals surface area contributed by atoms with Gasteiger partial charge in [0.25, 0.3) is 0 Å². The number of rotatable bonds is 12. The first-order chi connectivity index (χ1) is 17.1. The van der Waals surface area contributed by atoms with Crippen LogP contribution in [0.5, 0.6) is 5.75 Å². The van der Waals surface area contributed by atoms with E-state index in [1.54, 1.807) is 36.4 Å². The Hall–Kier alpha value is -2.24. The summed E-state index contributed by atoms with van der Waals surface area (Å²) in [5.74, 6) is 1.34. The number of benzene rings is 1. The summed E-state index contributed by atoms with van der Waals surface area (Å²) in [6.07, 6.45) is 6.25. The minimum atomic E-state index is -0.747. The summed E-state index contributed by atoms with van der Waals surface area (Å²) in [5, 5.41) is 22.5. The zero-order chi connectivity index (χ0) is 24.6. The van der Waals surface area contributed by atoms with Crippen LogP contribution in [-0.4, -0.2) is 63.6 Å². The molecule has 35 heavy (non-hydrogen) atoms. The number of aliphatic carboxylic acids is 1. The number of carbonyl (C=O) groups is 1. The monoisotopic (exact) mass is 516 g/mol. The molecule has 0 saturated carbocycles. The van der Waals surface area contributed by atoms with Crippen molar-refractivity contribution in [1.29, 1.82) is 0 Å². The van der Waals surface area contributed by atoms with E-state index in [2.05, 4.69) is 20.3 Å². The lowest BCUT2D eigenvalue weighted by Gasteiger charge is -2.38. The van der Waals surface area contributed by atoms with Gasteiger partial charge in [0.1, 0.15) is 10.1 Å². The maximum Gasteiger partial charge on any atom is 0.303 e. The van der Waals surface area contributed by atoms with Gasteiger partial charge in [0, 0.05) is 48.4 Å². The highest BCUT2D eigenvalue weighted by Gasteiger charge is 2.31. The minimum absolute atomic E-state index is 0.0970. The molecule has 2 aromatic heterocycles. The summed E-state index contributed by atoms with van der Waals surface area (Å²) >= 11 is 3.40. The number of nitrogens with zero attached hydrogens (tertiary/aromatic N) is 3. The number of likely N-dealkylation sites (tertiary alicyclic amines) is 1. The summed E-state index contributed by atoms with van der Waals surface area (Å²) in [6, 6.07) is 7.38. The average Bonchev–Trinajstić information content (AvgIpc) is 3.38. The highest BCUT2D eigenvalue weighted by molar-refractivity contribution is 8.01. The van der Waals surface area contributed by atoms with Gasteiger partial charge < -0.3 is 20.0 Å². The predicted molar refractivity (Wildman–Crippen MR) is 138 cm³/mol. The molecule has 1 fully saturated rings. The number of ether oxygens (including phenoxy) is 1. The number of aromatic nitrogens is 2. The molecule has 0 amide bonds. The Balaban J connectivity index is 1.39. The van der Waals surface area contributed by atoms with Gasteiger partial charge in [0.15, 0.2) is 0 Å². The Morgan fingerprint density at radius 2 is 2.20 bits per heavy atom. The number of pyridine rings is 1. The lowest BCUT2D eigenvalue weighted by molar-refractivity contribution is -0.139. The Labute approximate surface area is 213 Å². The van der Waals surface area contributed by atoms with Crippen LogP contribution in [-0.2, 0) is 4.79 Å². The van der Waals surface area contributed by atoms with E-state index >= 15 is 0 Å². The summed E-state index contributed by atoms with van der Waals surface area (Å²) in [4.78, 5) is 22.7. The molecule has 1 aliphatic heterocycles. The summed E-state index contributed by atoms with van der Waals surface area (Å²) < 4.78 is 6.46. The smallest absolute Gasteiger partial charge is 0.303 e.